The predicted octanol–water partition coefficient (Wildman–Crippen LogP) is 3.41. The van der Waals surface area contributed by atoms with Crippen LogP contribution in [0.5, 0.6) is 11.5 Å². The monoisotopic (exact) mass is 380 g/mol. The molecule has 1 aliphatic carbocycles. The van der Waals surface area contributed by atoms with E-state index in [2.05, 4.69) is 40.1 Å². The third kappa shape index (κ3) is 3.33. The second-order valence-electron chi connectivity index (χ2n) is 7.99. The molecule has 1 saturated heterocycles. The number of hydrogen-bond acceptors (Lipinski definition) is 5. The van der Waals surface area contributed by atoms with E-state index >= 15 is 0 Å². The Morgan fingerprint density at radius 2 is 2.00 bits per heavy atom. The second kappa shape index (κ2) is 7.64. The zero-order valence-corrected chi connectivity index (χ0v) is 16.5. The van der Waals surface area contributed by atoms with Crippen LogP contribution in [0.1, 0.15) is 29.0 Å². The van der Waals surface area contributed by atoms with Crippen LogP contribution in [-0.2, 0) is 17.7 Å². The molecule has 0 aromatic heterocycles. The number of anilines is 1. The topological polar surface area (TPSA) is 34.2 Å². The summed E-state index contributed by atoms with van der Waals surface area (Å²) >= 11 is 0. The third-order valence-electron chi connectivity index (χ3n) is 6.46. The standard InChI is InChI=1S/C23H28N2O3/c1-26-19-6-5-17-15-18(21(17)16-19)7-9-24-10-12-25(13-11-24)22-3-2-4-23-20(22)8-14-27-28-23/h2-6,16,18H,7-15H2,1H3. The molecule has 148 valence electrons. The van der Waals surface area contributed by atoms with Crippen molar-refractivity contribution in [2.24, 2.45) is 0 Å². The van der Waals surface area contributed by atoms with E-state index in [-0.39, 0.29) is 0 Å². The Kier molecular flexibility index (Phi) is 4.87. The molecule has 5 nitrogen and oxygen atoms in total. The Labute approximate surface area is 166 Å². The molecule has 0 saturated carbocycles. The molecule has 5 rings (SSSR count). The first-order valence-corrected chi connectivity index (χ1v) is 10.4. The van der Waals surface area contributed by atoms with Crippen LogP contribution in [-0.4, -0.2) is 51.3 Å². The number of fused-ring (bicyclic) bond motifs is 2. The molecule has 0 radical (unpaired) electrons. The van der Waals surface area contributed by atoms with Crippen LogP contribution in [0.4, 0.5) is 5.69 Å². The van der Waals surface area contributed by atoms with E-state index in [1.165, 1.54) is 41.8 Å². The largest absolute Gasteiger partial charge is 0.497 e. The Balaban J connectivity index is 1.15. The van der Waals surface area contributed by atoms with Gasteiger partial charge in [0.05, 0.1) is 13.7 Å². The van der Waals surface area contributed by atoms with Crippen LogP contribution in [0.25, 0.3) is 0 Å². The van der Waals surface area contributed by atoms with Gasteiger partial charge in [0.25, 0.3) is 0 Å². The normalized spacial score (nSPS) is 21.3. The van der Waals surface area contributed by atoms with Crippen molar-refractivity contribution in [3.63, 3.8) is 0 Å². The van der Waals surface area contributed by atoms with Crippen molar-refractivity contribution in [2.75, 3.05) is 51.3 Å². The van der Waals surface area contributed by atoms with Gasteiger partial charge in [0.1, 0.15) is 5.75 Å². The lowest BCUT2D eigenvalue weighted by Gasteiger charge is -2.39. The van der Waals surface area contributed by atoms with Crippen LogP contribution in [0, 0.1) is 0 Å². The highest BCUT2D eigenvalue weighted by atomic mass is 17.2. The molecule has 2 aliphatic heterocycles. The van der Waals surface area contributed by atoms with Gasteiger partial charge in [0, 0.05) is 43.9 Å². The van der Waals surface area contributed by atoms with E-state index in [1.807, 2.05) is 6.07 Å². The quantitative estimate of drug-likeness (QED) is 0.743. The number of methoxy groups -OCH3 is 1. The van der Waals surface area contributed by atoms with E-state index in [0.29, 0.717) is 12.5 Å². The Bertz CT molecular complexity index is 846. The number of rotatable bonds is 5. The minimum Gasteiger partial charge on any atom is -0.497 e. The Morgan fingerprint density at radius 1 is 1.11 bits per heavy atom. The summed E-state index contributed by atoms with van der Waals surface area (Å²) in [6, 6.07) is 12.8. The van der Waals surface area contributed by atoms with Gasteiger partial charge >= 0.3 is 0 Å². The molecule has 1 fully saturated rings. The van der Waals surface area contributed by atoms with Gasteiger partial charge in [0.15, 0.2) is 5.75 Å². The van der Waals surface area contributed by atoms with Crippen molar-refractivity contribution in [1.82, 2.24) is 4.90 Å². The second-order valence-corrected chi connectivity index (χ2v) is 7.99. The lowest BCUT2D eigenvalue weighted by molar-refractivity contribution is -0.215. The van der Waals surface area contributed by atoms with Gasteiger partial charge in [-0.25, -0.2) is 0 Å². The molecule has 1 atom stereocenters. The fourth-order valence-electron chi connectivity index (χ4n) is 4.75. The van der Waals surface area contributed by atoms with E-state index in [9.17, 15) is 0 Å². The first kappa shape index (κ1) is 17.8. The van der Waals surface area contributed by atoms with E-state index < -0.39 is 0 Å². The summed E-state index contributed by atoms with van der Waals surface area (Å²) in [6.45, 7) is 6.22. The van der Waals surface area contributed by atoms with Gasteiger partial charge in [-0.05, 0) is 60.7 Å². The number of nitrogens with zero attached hydrogens (tertiary/aromatic N) is 2. The van der Waals surface area contributed by atoms with Crippen molar-refractivity contribution in [2.45, 2.75) is 25.2 Å². The summed E-state index contributed by atoms with van der Waals surface area (Å²) in [5.74, 6) is 2.56. The number of benzene rings is 2. The maximum Gasteiger partial charge on any atom is 0.170 e. The summed E-state index contributed by atoms with van der Waals surface area (Å²) in [7, 11) is 1.75. The fourth-order valence-corrected chi connectivity index (χ4v) is 4.75. The summed E-state index contributed by atoms with van der Waals surface area (Å²) < 4.78 is 5.39. The highest BCUT2D eigenvalue weighted by Gasteiger charge is 2.28. The molecule has 28 heavy (non-hydrogen) atoms. The zero-order chi connectivity index (χ0) is 18.9. The highest BCUT2D eigenvalue weighted by molar-refractivity contribution is 5.60. The molecular formula is C23H28N2O3. The van der Waals surface area contributed by atoms with Crippen LogP contribution in [0.15, 0.2) is 36.4 Å². The SMILES string of the molecule is COc1ccc2c(c1)C(CCN1CCN(c3cccc4c3CCOO4)CC1)C2. The molecule has 1 unspecified atom stereocenters. The molecule has 0 spiro atoms. The molecule has 0 amide bonds. The number of ether oxygens (including phenoxy) is 1. The van der Waals surface area contributed by atoms with Gasteiger partial charge in [-0.2, -0.15) is 4.89 Å². The molecule has 2 aromatic rings. The van der Waals surface area contributed by atoms with E-state index in [0.717, 1.165) is 44.1 Å². The van der Waals surface area contributed by atoms with Gasteiger partial charge < -0.3 is 14.5 Å². The van der Waals surface area contributed by atoms with Crippen molar-refractivity contribution in [1.29, 1.82) is 0 Å². The number of piperazine rings is 1. The van der Waals surface area contributed by atoms with Gasteiger partial charge in [0.2, 0.25) is 0 Å². The van der Waals surface area contributed by atoms with Crippen LogP contribution >= 0.6 is 0 Å². The van der Waals surface area contributed by atoms with Crippen molar-refractivity contribution in [3.8, 4) is 11.5 Å². The van der Waals surface area contributed by atoms with Gasteiger partial charge in [-0.3, -0.25) is 4.90 Å². The maximum atomic E-state index is 5.39. The lowest BCUT2D eigenvalue weighted by Crippen LogP contribution is -2.47. The van der Waals surface area contributed by atoms with E-state index in [4.69, 9.17) is 14.5 Å². The number of hydrogen-bond donors (Lipinski definition) is 0. The minimum atomic E-state index is 0.637. The molecule has 5 heteroatoms. The average molecular weight is 380 g/mol. The van der Waals surface area contributed by atoms with Crippen LogP contribution in [0.2, 0.25) is 0 Å². The first-order chi connectivity index (χ1) is 13.8. The Morgan fingerprint density at radius 3 is 2.86 bits per heavy atom. The van der Waals surface area contributed by atoms with Crippen molar-refractivity contribution < 1.29 is 14.5 Å². The highest BCUT2D eigenvalue weighted by Crippen LogP contribution is 2.40. The predicted molar refractivity (Wildman–Crippen MR) is 109 cm³/mol. The summed E-state index contributed by atoms with van der Waals surface area (Å²) in [6.07, 6.45) is 3.39. The van der Waals surface area contributed by atoms with Crippen molar-refractivity contribution >= 4 is 5.69 Å². The summed E-state index contributed by atoms with van der Waals surface area (Å²) in [4.78, 5) is 15.6. The smallest absolute Gasteiger partial charge is 0.170 e. The van der Waals surface area contributed by atoms with Gasteiger partial charge in [-0.15, -0.1) is 0 Å². The maximum absolute atomic E-state index is 5.39. The first-order valence-electron chi connectivity index (χ1n) is 10.4. The lowest BCUT2D eigenvalue weighted by atomic mass is 9.75. The van der Waals surface area contributed by atoms with Crippen molar-refractivity contribution in [3.05, 3.63) is 53.1 Å². The minimum absolute atomic E-state index is 0.637. The van der Waals surface area contributed by atoms with Crippen LogP contribution in [0.3, 0.4) is 0 Å². The zero-order valence-electron chi connectivity index (χ0n) is 16.5. The average Bonchev–Trinajstić information content (AvgIpc) is 2.74. The molecule has 2 heterocycles. The third-order valence-corrected chi connectivity index (χ3v) is 6.46. The molecule has 0 N–H and O–H groups in total. The molecule has 2 aromatic carbocycles. The molecule has 0 bridgehead atoms. The fraction of sp³-hybridized carbons (Fsp3) is 0.478. The molecule has 3 aliphatic rings. The molecular weight excluding hydrogens is 352 g/mol. The summed E-state index contributed by atoms with van der Waals surface area (Å²) in [5.41, 5.74) is 5.61. The summed E-state index contributed by atoms with van der Waals surface area (Å²) in [5, 5.41) is 0. The van der Waals surface area contributed by atoms with E-state index in [1.54, 1.807) is 7.11 Å². The Hall–Kier alpha value is -2.24. The van der Waals surface area contributed by atoms with Gasteiger partial charge in [-0.1, -0.05) is 12.1 Å². The van der Waals surface area contributed by atoms with Crippen LogP contribution < -0.4 is 14.5 Å².